The quantitative estimate of drug-likeness (QED) is 0.697. The van der Waals surface area contributed by atoms with Crippen molar-refractivity contribution in [1.82, 2.24) is 0 Å². The zero-order valence-electron chi connectivity index (χ0n) is 9.16. The highest BCUT2D eigenvalue weighted by Gasteiger charge is 2.39. The summed E-state index contributed by atoms with van der Waals surface area (Å²) in [6, 6.07) is 0. The number of halogens is 3. The van der Waals surface area contributed by atoms with Crippen LogP contribution in [0.4, 0.5) is 13.2 Å². The number of hydrogen-bond donors (Lipinski definition) is 0. The highest BCUT2D eigenvalue weighted by atomic mass is 19.3. The van der Waals surface area contributed by atoms with Crippen LogP contribution < -0.4 is 0 Å². The van der Waals surface area contributed by atoms with E-state index in [0.29, 0.717) is 6.42 Å². The Labute approximate surface area is 88.3 Å². The summed E-state index contributed by atoms with van der Waals surface area (Å²) in [6.07, 6.45) is -0.677. The average Bonchev–Trinajstić information content (AvgIpc) is 2.18. The Morgan fingerprint density at radius 3 is 2.60 bits per heavy atom. The molecule has 0 bridgehead atoms. The van der Waals surface area contributed by atoms with E-state index >= 15 is 0 Å². The monoisotopic (exact) mass is 222 g/mol. The number of allylic oxidation sites excluding steroid dienone is 1. The van der Waals surface area contributed by atoms with E-state index in [9.17, 15) is 13.2 Å². The molecule has 0 amide bonds. The van der Waals surface area contributed by atoms with E-state index in [-0.39, 0.29) is 18.8 Å². The lowest BCUT2D eigenvalue weighted by molar-refractivity contribution is -0.194. The third-order valence-electron chi connectivity index (χ3n) is 2.90. The first kappa shape index (κ1) is 12.6. The number of hydrogen-bond acceptors (Lipinski definition) is 1. The molecule has 1 unspecified atom stereocenters. The van der Waals surface area contributed by atoms with Crippen molar-refractivity contribution in [3.63, 3.8) is 0 Å². The van der Waals surface area contributed by atoms with Crippen LogP contribution in [0.2, 0.25) is 0 Å². The molecule has 4 heteroatoms. The molecule has 0 spiro atoms. The van der Waals surface area contributed by atoms with Gasteiger partial charge in [-0.3, -0.25) is 0 Å². The highest BCUT2D eigenvalue weighted by molar-refractivity contribution is 5.17. The van der Waals surface area contributed by atoms with Gasteiger partial charge < -0.3 is 4.74 Å². The molecule has 1 atom stereocenters. The van der Waals surface area contributed by atoms with Gasteiger partial charge in [-0.25, -0.2) is 4.39 Å². The number of rotatable bonds is 4. The van der Waals surface area contributed by atoms with Crippen LogP contribution in [-0.2, 0) is 4.74 Å². The largest absolute Gasteiger partial charge is 0.381 e. The van der Waals surface area contributed by atoms with Crippen LogP contribution in [0.1, 0.15) is 39.0 Å². The van der Waals surface area contributed by atoms with Gasteiger partial charge in [0.1, 0.15) is 5.83 Å². The predicted molar refractivity (Wildman–Crippen MR) is 52.3 cm³/mol. The fraction of sp³-hybridized carbons (Fsp3) is 0.818. The Bertz CT molecular complexity index is 248. The van der Waals surface area contributed by atoms with Gasteiger partial charge in [-0.15, -0.1) is 0 Å². The maximum atomic E-state index is 13.4. The predicted octanol–water partition coefficient (Wildman–Crippen LogP) is 4.05. The van der Waals surface area contributed by atoms with E-state index < -0.39 is 17.5 Å². The maximum absolute atomic E-state index is 13.4. The van der Waals surface area contributed by atoms with E-state index in [0.717, 1.165) is 20.0 Å². The van der Waals surface area contributed by atoms with Gasteiger partial charge in [-0.1, -0.05) is 19.8 Å². The molecule has 0 radical (unpaired) electrons. The normalized spacial score (nSPS) is 23.4. The van der Waals surface area contributed by atoms with Crippen molar-refractivity contribution in [3.8, 4) is 0 Å². The Morgan fingerprint density at radius 2 is 2.13 bits per heavy atom. The molecule has 1 aliphatic carbocycles. The summed E-state index contributed by atoms with van der Waals surface area (Å²) in [5.74, 6) is -0.460. The van der Waals surface area contributed by atoms with Crippen LogP contribution in [0.3, 0.4) is 0 Å². The van der Waals surface area contributed by atoms with Crippen molar-refractivity contribution in [2.24, 2.45) is 5.92 Å². The Morgan fingerprint density at radius 1 is 1.47 bits per heavy atom. The molecule has 88 valence electrons. The summed E-state index contributed by atoms with van der Waals surface area (Å²) >= 11 is 0. The van der Waals surface area contributed by atoms with Crippen molar-refractivity contribution in [2.75, 3.05) is 7.11 Å². The van der Waals surface area contributed by atoms with E-state index in [1.165, 1.54) is 0 Å². The van der Waals surface area contributed by atoms with Gasteiger partial charge in [0.05, 0.1) is 5.57 Å². The fourth-order valence-corrected chi connectivity index (χ4v) is 2.04. The summed E-state index contributed by atoms with van der Waals surface area (Å²) in [5.41, 5.74) is -0.461. The minimum absolute atomic E-state index is 0.108. The topological polar surface area (TPSA) is 9.23 Å². The first-order valence-corrected chi connectivity index (χ1v) is 5.32. The van der Waals surface area contributed by atoms with E-state index in [2.05, 4.69) is 4.74 Å². The maximum Gasteiger partial charge on any atom is 0.381 e. The van der Waals surface area contributed by atoms with Crippen molar-refractivity contribution in [3.05, 3.63) is 11.4 Å². The van der Waals surface area contributed by atoms with Gasteiger partial charge in [0.2, 0.25) is 0 Å². The van der Waals surface area contributed by atoms with Crippen LogP contribution in [-0.4, -0.2) is 13.2 Å². The molecule has 0 saturated heterocycles. The number of methoxy groups -OCH3 is 1. The van der Waals surface area contributed by atoms with Gasteiger partial charge in [-0.2, -0.15) is 8.78 Å². The molecular weight excluding hydrogens is 205 g/mol. The molecular formula is C11H17F3O. The molecule has 1 rings (SSSR count). The third-order valence-corrected chi connectivity index (χ3v) is 2.90. The lowest BCUT2D eigenvalue weighted by Gasteiger charge is -2.26. The van der Waals surface area contributed by atoms with E-state index in [1.54, 1.807) is 0 Å². The summed E-state index contributed by atoms with van der Waals surface area (Å²) in [6.45, 7) is 2.01. The lowest BCUT2D eigenvalue weighted by atomic mass is 9.85. The third kappa shape index (κ3) is 2.97. The molecule has 15 heavy (non-hydrogen) atoms. The summed E-state index contributed by atoms with van der Waals surface area (Å²) in [7, 11) is 0.901. The SMILES string of the molecule is CCCC1CCC(C(F)(F)OC)=C(F)C1. The molecule has 0 saturated carbocycles. The molecule has 0 aliphatic heterocycles. The Hall–Kier alpha value is -0.510. The van der Waals surface area contributed by atoms with Crippen LogP contribution in [0, 0.1) is 5.92 Å². The molecule has 0 aromatic rings. The second-order valence-electron chi connectivity index (χ2n) is 4.00. The second kappa shape index (κ2) is 5.01. The number of ether oxygens (including phenoxy) is 1. The smallest absolute Gasteiger partial charge is 0.320 e. The molecule has 1 nitrogen and oxygen atoms in total. The fourth-order valence-electron chi connectivity index (χ4n) is 2.04. The lowest BCUT2D eigenvalue weighted by Crippen LogP contribution is -2.26. The van der Waals surface area contributed by atoms with Crippen LogP contribution >= 0.6 is 0 Å². The zero-order chi connectivity index (χ0) is 11.5. The van der Waals surface area contributed by atoms with E-state index in [1.807, 2.05) is 6.92 Å². The Balaban J connectivity index is 2.72. The van der Waals surface area contributed by atoms with E-state index in [4.69, 9.17) is 0 Å². The van der Waals surface area contributed by atoms with Gasteiger partial charge in [0.25, 0.3) is 0 Å². The molecule has 0 aromatic carbocycles. The second-order valence-corrected chi connectivity index (χ2v) is 4.00. The minimum Gasteiger partial charge on any atom is -0.320 e. The van der Waals surface area contributed by atoms with Crippen LogP contribution in [0.25, 0.3) is 0 Å². The molecule has 1 aliphatic rings. The van der Waals surface area contributed by atoms with Crippen molar-refractivity contribution in [2.45, 2.75) is 45.1 Å². The first-order valence-electron chi connectivity index (χ1n) is 5.32. The van der Waals surface area contributed by atoms with Gasteiger partial charge in [0.15, 0.2) is 0 Å². The molecule has 0 fully saturated rings. The van der Waals surface area contributed by atoms with Gasteiger partial charge in [0, 0.05) is 13.5 Å². The van der Waals surface area contributed by atoms with Crippen molar-refractivity contribution in [1.29, 1.82) is 0 Å². The summed E-state index contributed by atoms with van der Waals surface area (Å²) in [5, 5.41) is 0. The standard InChI is InChI=1S/C11H17F3O/c1-3-4-8-5-6-9(10(12)7-8)11(13,14)15-2/h8H,3-7H2,1-2H3. The molecule has 0 heterocycles. The molecule has 0 aromatic heterocycles. The van der Waals surface area contributed by atoms with Crippen molar-refractivity contribution < 1.29 is 17.9 Å². The van der Waals surface area contributed by atoms with Crippen molar-refractivity contribution >= 4 is 0 Å². The summed E-state index contributed by atoms with van der Waals surface area (Å²) in [4.78, 5) is 0. The van der Waals surface area contributed by atoms with Crippen LogP contribution in [0.15, 0.2) is 11.4 Å². The summed E-state index contributed by atoms with van der Waals surface area (Å²) < 4.78 is 43.6. The minimum atomic E-state index is -3.43. The zero-order valence-corrected chi connectivity index (χ0v) is 9.16. The first-order chi connectivity index (χ1) is 7.01. The molecule has 0 N–H and O–H groups in total. The average molecular weight is 222 g/mol. The Kier molecular flexibility index (Phi) is 4.20. The van der Waals surface area contributed by atoms with Gasteiger partial charge in [-0.05, 0) is 18.8 Å². The van der Waals surface area contributed by atoms with Crippen LogP contribution in [0.5, 0.6) is 0 Å². The number of alkyl halides is 2. The highest BCUT2D eigenvalue weighted by Crippen LogP contribution is 2.40. The van der Waals surface area contributed by atoms with Gasteiger partial charge >= 0.3 is 6.11 Å².